The van der Waals surface area contributed by atoms with E-state index in [2.05, 4.69) is 5.32 Å². The van der Waals surface area contributed by atoms with Gasteiger partial charge in [0.05, 0.1) is 13.2 Å². The molecule has 0 aliphatic rings. The van der Waals surface area contributed by atoms with Crippen LogP contribution in [0.15, 0.2) is 24.3 Å². The highest BCUT2D eigenvalue weighted by Crippen LogP contribution is 2.17. The summed E-state index contributed by atoms with van der Waals surface area (Å²) >= 11 is 0. The van der Waals surface area contributed by atoms with Crippen molar-refractivity contribution >= 4 is 5.91 Å². The topological polar surface area (TPSA) is 64.3 Å². The first-order valence-electron chi connectivity index (χ1n) is 6.04. The fourth-order valence-electron chi connectivity index (χ4n) is 1.68. The molecule has 1 atom stereocenters. The van der Waals surface area contributed by atoms with E-state index in [9.17, 15) is 4.79 Å². The highest BCUT2D eigenvalue weighted by Gasteiger charge is 2.18. The van der Waals surface area contributed by atoms with E-state index in [1.165, 1.54) is 0 Å². The van der Waals surface area contributed by atoms with Gasteiger partial charge in [-0.25, -0.2) is 0 Å². The second kappa shape index (κ2) is 5.87. The van der Waals surface area contributed by atoms with Gasteiger partial charge in [0, 0.05) is 12.0 Å². The summed E-state index contributed by atoms with van der Waals surface area (Å²) < 4.78 is 5.09. The summed E-state index contributed by atoms with van der Waals surface area (Å²) in [6, 6.07) is 7.61. The third kappa shape index (κ3) is 4.75. The van der Waals surface area contributed by atoms with Gasteiger partial charge in [-0.2, -0.15) is 0 Å². The predicted octanol–water partition coefficient (Wildman–Crippen LogP) is 2.00. The lowest BCUT2D eigenvalue weighted by atomic mass is 10.0. The molecule has 100 valence electrons. The lowest BCUT2D eigenvalue weighted by Crippen LogP contribution is -2.39. The quantitative estimate of drug-likeness (QED) is 0.840. The summed E-state index contributed by atoms with van der Waals surface area (Å²) in [6.45, 7) is 5.62. The van der Waals surface area contributed by atoms with Crippen LogP contribution >= 0.6 is 0 Å². The molecule has 4 nitrogen and oxygen atoms in total. The Morgan fingerprint density at radius 1 is 1.39 bits per heavy atom. The third-order valence-electron chi connectivity index (χ3n) is 2.61. The van der Waals surface area contributed by atoms with Crippen LogP contribution < -0.4 is 15.8 Å². The second-order valence-corrected chi connectivity index (χ2v) is 5.23. The van der Waals surface area contributed by atoms with Gasteiger partial charge in [-0.1, -0.05) is 12.1 Å². The predicted molar refractivity (Wildman–Crippen MR) is 72.4 cm³/mol. The van der Waals surface area contributed by atoms with E-state index in [-0.39, 0.29) is 11.9 Å². The minimum atomic E-state index is -0.482. The molecule has 0 spiro atoms. The number of benzene rings is 1. The molecule has 0 aromatic heterocycles. The molecular weight excluding hydrogens is 228 g/mol. The van der Waals surface area contributed by atoms with E-state index in [0.717, 1.165) is 11.3 Å². The number of nitrogens with one attached hydrogen (secondary N) is 1. The van der Waals surface area contributed by atoms with Gasteiger partial charge in [0.1, 0.15) is 5.75 Å². The minimum absolute atomic E-state index is 0.0363. The summed E-state index contributed by atoms with van der Waals surface area (Å²) in [5.74, 6) is 0.770. The molecule has 0 fully saturated rings. The van der Waals surface area contributed by atoms with Gasteiger partial charge in [-0.05, 0) is 38.5 Å². The number of carbonyl (C=O) groups is 1. The highest BCUT2D eigenvalue weighted by molar-refractivity contribution is 5.77. The molecule has 1 rings (SSSR count). The lowest BCUT2D eigenvalue weighted by Gasteiger charge is -2.20. The van der Waals surface area contributed by atoms with Crippen molar-refractivity contribution in [1.29, 1.82) is 0 Å². The van der Waals surface area contributed by atoms with Crippen LogP contribution in [-0.4, -0.2) is 18.6 Å². The van der Waals surface area contributed by atoms with Gasteiger partial charge >= 0.3 is 0 Å². The molecule has 0 aliphatic heterocycles. The molecule has 1 aromatic carbocycles. The van der Waals surface area contributed by atoms with E-state index in [1.807, 2.05) is 45.0 Å². The van der Waals surface area contributed by atoms with Gasteiger partial charge in [-0.15, -0.1) is 0 Å². The van der Waals surface area contributed by atoms with Crippen LogP contribution in [0.2, 0.25) is 0 Å². The maximum absolute atomic E-state index is 11.7. The number of carbonyl (C=O) groups excluding carboxylic acids is 1. The highest BCUT2D eigenvalue weighted by atomic mass is 16.5. The molecule has 0 bridgehead atoms. The van der Waals surface area contributed by atoms with Gasteiger partial charge in [-0.3, -0.25) is 4.79 Å². The summed E-state index contributed by atoms with van der Waals surface area (Å²) in [6.07, 6.45) is 0.313. The molecule has 0 heterocycles. The zero-order valence-electron chi connectivity index (χ0n) is 11.5. The van der Waals surface area contributed by atoms with Crippen molar-refractivity contribution in [2.75, 3.05) is 7.11 Å². The molecule has 0 aliphatic carbocycles. The fraction of sp³-hybridized carbons (Fsp3) is 0.500. The normalized spacial score (nSPS) is 12.9. The minimum Gasteiger partial charge on any atom is -0.497 e. The van der Waals surface area contributed by atoms with Crippen molar-refractivity contribution < 1.29 is 9.53 Å². The molecule has 18 heavy (non-hydrogen) atoms. The van der Waals surface area contributed by atoms with E-state index >= 15 is 0 Å². The van der Waals surface area contributed by atoms with Crippen LogP contribution in [0.3, 0.4) is 0 Å². The Morgan fingerprint density at radius 2 is 1.94 bits per heavy atom. The number of ether oxygens (including phenoxy) is 1. The second-order valence-electron chi connectivity index (χ2n) is 5.23. The van der Waals surface area contributed by atoms with E-state index in [0.29, 0.717) is 6.42 Å². The van der Waals surface area contributed by atoms with Crippen LogP contribution in [0.4, 0.5) is 0 Å². The molecule has 0 radical (unpaired) electrons. The van der Waals surface area contributed by atoms with Gasteiger partial charge in [0.25, 0.3) is 0 Å². The Bertz CT molecular complexity index is 393. The standard InChI is InChI=1S/C14H22N2O2/c1-10(16-13(17)9-14(2,3)15)11-5-7-12(18-4)8-6-11/h5-8,10H,9,15H2,1-4H3,(H,16,17). The van der Waals surface area contributed by atoms with Crippen LogP contribution in [0, 0.1) is 0 Å². The Balaban J connectivity index is 2.59. The molecule has 0 saturated carbocycles. The van der Waals surface area contributed by atoms with Crippen LogP contribution in [0.5, 0.6) is 5.75 Å². The maximum atomic E-state index is 11.7. The number of nitrogens with two attached hydrogens (primary N) is 1. The van der Waals surface area contributed by atoms with Gasteiger partial charge in [0.15, 0.2) is 0 Å². The Labute approximate surface area is 109 Å². The summed E-state index contributed by atoms with van der Waals surface area (Å²) in [5, 5.41) is 2.93. The number of rotatable bonds is 5. The van der Waals surface area contributed by atoms with Gasteiger partial charge < -0.3 is 15.8 Å². The molecule has 0 saturated heterocycles. The van der Waals surface area contributed by atoms with Gasteiger partial charge in [0.2, 0.25) is 5.91 Å². The van der Waals surface area contributed by atoms with Crippen molar-refractivity contribution in [2.45, 2.75) is 38.8 Å². The first-order chi connectivity index (χ1) is 8.31. The van der Waals surface area contributed by atoms with E-state index in [1.54, 1.807) is 7.11 Å². The maximum Gasteiger partial charge on any atom is 0.222 e. The van der Waals surface area contributed by atoms with Crippen molar-refractivity contribution in [1.82, 2.24) is 5.32 Å². The summed E-state index contributed by atoms with van der Waals surface area (Å²) in [4.78, 5) is 11.7. The van der Waals surface area contributed by atoms with Crippen molar-refractivity contribution in [3.05, 3.63) is 29.8 Å². The molecular formula is C14H22N2O2. The zero-order chi connectivity index (χ0) is 13.8. The average Bonchev–Trinajstić information content (AvgIpc) is 2.26. The van der Waals surface area contributed by atoms with Crippen molar-refractivity contribution in [3.8, 4) is 5.75 Å². The number of methoxy groups -OCH3 is 1. The molecule has 1 amide bonds. The first-order valence-corrected chi connectivity index (χ1v) is 6.04. The summed E-state index contributed by atoms with van der Waals surface area (Å²) in [7, 11) is 1.63. The Hall–Kier alpha value is -1.55. The average molecular weight is 250 g/mol. The molecule has 3 N–H and O–H groups in total. The Kier molecular flexibility index (Phi) is 4.73. The van der Waals surface area contributed by atoms with Crippen LogP contribution in [0.1, 0.15) is 38.8 Å². The number of hydrogen-bond acceptors (Lipinski definition) is 3. The van der Waals surface area contributed by atoms with Crippen molar-refractivity contribution in [2.24, 2.45) is 5.73 Å². The lowest BCUT2D eigenvalue weighted by molar-refractivity contribution is -0.122. The third-order valence-corrected chi connectivity index (χ3v) is 2.61. The van der Waals surface area contributed by atoms with Crippen molar-refractivity contribution in [3.63, 3.8) is 0 Å². The van der Waals surface area contributed by atoms with E-state index in [4.69, 9.17) is 10.5 Å². The first kappa shape index (κ1) is 14.5. The SMILES string of the molecule is COc1ccc(C(C)NC(=O)CC(C)(C)N)cc1. The zero-order valence-corrected chi connectivity index (χ0v) is 11.5. The van der Waals surface area contributed by atoms with Crippen LogP contribution in [-0.2, 0) is 4.79 Å². The molecule has 1 unspecified atom stereocenters. The monoisotopic (exact) mass is 250 g/mol. The smallest absolute Gasteiger partial charge is 0.222 e. The molecule has 4 heteroatoms. The Morgan fingerprint density at radius 3 is 2.39 bits per heavy atom. The number of hydrogen-bond donors (Lipinski definition) is 2. The van der Waals surface area contributed by atoms with E-state index < -0.39 is 5.54 Å². The summed E-state index contributed by atoms with van der Waals surface area (Å²) in [5.41, 5.74) is 6.37. The fourth-order valence-corrected chi connectivity index (χ4v) is 1.68. The number of amides is 1. The van der Waals surface area contributed by atoms with Crippen LogP contribution in [0.25, 0.3) is 0 Å². The largest absolute Gasteiger partial charge is 0.497 e. The molecule has 1 aromatic rings.